The summed E-state index contributed by atoms with van der Waals surface area (Å²) in [6, 6.07) is 6.36. The van der Waals surface area contributed by atoms with Crippen molar-refractivity contribution in [3.63, 3.8) is 0 Å². The summed E-state index contributed by atoms with van der Waals surface area (Å²) in [5.74, 6) is 2.13. The zero-order valence-electron chi connectivity index (χ0n) is 8.45. The lowest BCUT2D eigenvalue weighted by Gasteiger charge is -2.15. The highest BCUT2D eigenvalue weighted by molar-refractivity contribution is 7.98. The van der Waals surface area contributed by atoms with Gasteiger partial charge in [0.2, 0.25) is 0 Å². The number of fused-ring (bicyclic) bond motifs is 3. The molecule has 0 aliphatic carbocycles. The van der Waals surface area contributed by atoms with E-state index in [2.05, 4.69) is 25.1 Å². The first kappa shape index (κ1) is 9.87. The predicted molar refractivity (Wildman–Crippen MR) is 58.0 cm³/mol. The molecule has 0 spiro atoms. The normalized spacial score (nSPS) is 21.1. The summed E-state index contributed by atoms with van der Waals surface area (Å²) in [6.07, 6.45) is 0.583. The van der Waals surface area contributed by atoms with E-state index in [-0.39, 0.29) is 0 Å². The van der Waals surface area contributed by atoms with Crippen LogP contribution in [0, 0.1) is 0 Å². The van der Waals surface area contributed by atoms with Crippen molar-refractivity contribution < 1.29 is 9.47 Å². The van der Waals surface area contributed by atoms with E-state index in [4.69, 9.17) is 9.47 Å². The topological polar surface area (TPSA) is 21.8 Å². The molecule has 3 aliphatic heterocycles. The molecular formula is C11H14O2S. The van der Waals surface area contributed by atoms with Crippen LogP contribution >= 0.6 is 11.8 Å². The molecule has 0 N–H and O–H groups in total. The minimum atomic E-state index is 0.583. The highest BCUT2D eigenvalue weighted by atomic mass is 32.2. The molecule has 0 radical (unpaired) electrons. The van der Waals surface area contributed by atoms with Gasteiger partial charge in [-0.2, -0.15) is 0 Å². The van der Waals surface area contributed by atoms with E-state index in [9.17, 15) is 0 Å². The Balaban J connectivity index is 0.000000157. The maximum absolute atomic E-state index is 5.16. The van der Waals surface area contributed by atoms with Gasteiger partial charge in [-0.3, -0.25) is 0 Å². The Hall–Kier alpha value is -0.670. The minimum absolute atomic E-state index is 0.583. The van der Waals surface area contributed by atoms with Gasteiger partial charge in [0.25, 0.3) is 0 Å². The molecular weight excluding hydrogens is 196 g/mol. The van der Waals surface area contributed by atoms with Crippen molar-refractivity contribution in [1.29, 1.82) is 0 Å². The number of rotatable bonds is 1. The Morgan fingerprint density at radius 2 is 2.21 bits per heavy atom. The number of hydrogen-bond donors (Lipinski definition) is 0. The molecule has 0 amide bonds. The summed E-state index contributed by atoms with van der Waals surface area (Å²) < 4.78 is 9.86. The molecule has 0 aromatic heterocycles. The van der Waals surface area contributed by atoms with Gasteiger partial charge in [0, 0.05) is 10.6 Å². The van der Waals surface area contributed by atoms with Crippen LogP contribution in [0.15, 0.2) is 23.1 Å². The number of hydrogen-bond acceptors (Lipinski definition) is 3. The molecule has 4 rings (SSSR count). The van der Waals surface area contributed by atoms with Gasteiger partial charge in [0.05, 0.1) is 19.8 Å². The highest BCUT2D eigenvalue weighted by Gasteiger charge is 2.13. The first-order valence-corrected chi connectivity index (χ1v) is 5.69. The maximum atomic E-state index is 5.16. The fourth-order valence-corrected chi connectivity index (χ4v) is 2.13. The van der Waals surface area contributed by atoms with Crippen LogP contribution in [0.3, 0.4) is 0 Å². The SMILES string of the molecule is CC1CO1.COc1cc2ccc1SC2. The third-order valence-electron chi connectivity index (χ3n) is 2.12. The van der Waals surface area contributed by atoms with Crippen molar-refractivity contribution in [3.8, 4) is 5.75 Å². The second kappa shape index (κ2) is 4.24. The molecule has 2 bridgehead atoms. The van der Waals surface area contributed by atoms with Crippen LogP contribution in [-0.2, 0) is 10.5 Å². The van der Waals surface area contributed by atoms with Gasteiger partial charge < -0.3 is 9.47 Å². The summed E-state index contributed by atoms with van der Waals surface area (Å²) in [7, 11) is 1.72. The molecule has 3 aliphatic rings. The quantitative estimate of drug-likeness (QED) is 0.665. The van der Waals surface area contributed by atoms with Crippen molar-refractivity contribution in [2.75, 3.05) is 13.7 Å². The minimum Gasteiger partial charge on any atom is -0.496 e. The average Bonchev–Trinajstić information content (AvgIpc) is 3.03. The Bertz CT molecular complexity index is 321. The van der Waals surface area contributed by atoms with E-state index in [0.717, 1.165) is 18.1 Å². The second-order valence-corrected chi connectivity index (χ2v) is 4.44. The smallest absolute Gasteiger partial charge is 0.132 e. The molecule has 1 atom stereocenters. The number of methoxy groups -OCH3 is 1. The average molecular weight is 210 g/mol. The molecule has 3 heterocycles. The highest BCUT2D eigenvalue weighted by Crippen LogP contribution is 2.37. The van der Waals surface area contributed by atoms with Crippen molar-refractivity contribution in [1.82, 2.24) is 0 Å². The van der Waals surface area contributed by atoms with Gasteiger partial charge in [-0.15, -0.1) is 11.8 Å². The van der Waals surface area contributed by atoms with Crippen molar-refractivity contribution in [2.45, 2.75) is 23.7 Å². The number of thioether (sulfide) groups is 1. The fraction of sp³-hybridized carbons (Fsp3) is 0.455. The fourth-order valence-electron chi connectivity index (χ4n) is 1.18. The van der Waals surface area contributed by atoms with Gasteiger partial charge >= 0.3 is 0 Å². The van der Waals surface area contributed by atoms with Crippen LogP contribution in [0.2, 0.25) is 0 Å². The molecule has 1 aromatic rings. The van der Waals surface area contributed by atoms with Crippen molar-refractivity contribution in [2.24, 2.45) is 0 Å². The van der Waals surface area contributed by atoms with Crippen LogP contribution in [0.25, 0.3) is 0 Å². The zero-order chi connectivity index (χ0) is 9.97. The maximum Gasteiger partial charge on any atom is 0.132 e. The van der Waals surface area contributed by atoms with E-state index in [1.165, 1.54) is 10.5 Å². The number of epoxide rings is 1. The molecule has 3 heteroatoms. The van der Waals surface area contributed by atoms with Gasteiger partial charge in [0.1, 0.15) is 5.75 Å². The van der Waals surface area contributed by atoms with Crippen LogP contribution < -0.4 is 4.74 Å². The number of ether oxygens (including phenoxy) is 2. The molecule has 14 heavy (non-hydrogen) atoms. The lowest BCUT2D eigenvalue weighted by molar-refractivity contribution is 0.403. The Labute approximate surface area is 88.6 Å². The van der Waals surface area contributed by atoms with Crippen LogP contribution in [0.5, 0.6) is 5.75 Å². The molecule has 1 unspecified atom stereocenters. The Kier molecular flexibility index (Phi) is 2.99. The van der Waals surface area contributed by atoms with Crippen LogP contribution in [0.1, 0.15) is 12.5 Å². The van der Waals surface area contributed by atoms with Gasteiger partial charge in [-0.05, 0) is 24.6 Å². The molecule has 0 saturated carbocycles. The summed E-state index contributed by atoms with van der Waals surface area (Å²) in [5.41, 5.74) is 1.36. The van der Waals surface area contributed by atoms with Crippen molar-refractivity contribution in [3.05, 3.63) is 23.8 Å². The summed E-state index contributed by atoms with van der Waals surface area (Å²) >= 11 is 1.85. The first-order chi connectivity index (χ1) is 6.79. The first-order valence-electron chi connectivity index (χ1n) is 4.71. The summed E-state index contributed by atoms with van der Waals surface area (Å²) in [4.78, 5) is 1.26. The molecule has 1 aromatic carbocycles. The second-order valence-electron chi connectivity index (χ2n) is 3.42. The summed E-state index contributed by atoms with van der Waals surface area (Å²) in [5, 5.41) is 0. The van der Waals surface area contributed by atoms with E-state index in [1.54, 1.807) is 7.11 Å². The molecule has 76 valence electrons. The lowest BCUT2D eigenvalue weighted by Crippen LogP contribution is -1.94. The third kappa shape index (κ3) is 2.42. The van der Waals surface area contributed by atoms with Gasteiger partial charge in [0.15, 0.2) is 0 Å². The largest absolute Gasteiger partial charge is 0.496 e. The van der Waals surface area contributed by atoms with Gasteiger partial charge in [-0.1, -0.05) is 6.07 Å². The monoisotopic (exact) mass is 210 g/mol. The molecule has 1 saturated heterocycles. The predicted octanol–water partition coefficient (Wildman–Crippen LogP) is 2.71. The summed E-state index contributed by atoms with van der Waals surface area (Å²) in [6.45, 7) is 3.04. The Morgan fingerprint density at radius 1 is 1.50 bits per heavy atom. The van der Waals surface area contributed by atoms with E-state index >= 15 is 0 Å². The van der Waals surface area contributed by atoms with Gasteiger partial charge in [-0.25, -0.2) is 0 Å². The van der Waals surface area contributed by atoms with Crippen LogP contribution in [0.4, 0.5) is 0 Å². The third-order valence-corrected chi connectivity index (χ3v) is 3.25. The van der Waals surface area contributed by atoms with Crippen molar-refractivity contribution >= 4 is 11.8 Å². The Morgan fingerprint density at radius 3 is 2.43 bits per heavy atom. The van der Waals surface area contributed by atoms with E-state index in [1.807, 2.05) is 11.8 Å². The molecule has 2 nitrogen and oxygen atoms in total. The van der Waals surface area contributed by atoms with E-state index in [0.29, 0.717) is 6.10 Å². The zero-order valence-corrected chi connectivity index (χ0v) is 9.26. The van der Waals surface area contributed by atoms with Crippen LogP contribution in [-0.4, -0.2) is 19.8 Å². The van der Waals surface area contributed by atoms with E-state index < -0.39 is 0 Å². The molecule has 1 fully saturated rings. The lowest BCUT2D eigenvalue weighted by atomic mass is 10.2. The number of benzene rings is 1. The standard InChI is InChI=1S/C8H8OS.C3H6O/c1-9-7-4-6-2-3-8(7)10-5-6;1-3-2-4-3/h2-4H,5H2,1H3;3H,2H2,1H3.